The minimum Gasteiger partial charge on any atom is -0.318 e. The Morgan fingerprint density at radius 3 is 1.95 bits per heavy atom. The quantitative estimate of drug-likeness (QED) is 0.130. The highest BCUT2D eigenvalue weighted by atomic mass is 32.2. The lowest BCUT2D eigenvalue weighted by Crippen LogP contribution is -2.59. The number of aryl methyl sites for hydroxylation is 1. The molecular weight excluding hydrogens is 584 g/mol. The number of hydrazine groups is 1. The zero-order valence-electron chi connectivity index (χ0n) is 26.7. The van der Waals surface area contributed by atoms with Gasteiger partial charge in [0.05, 0.1) is 22.3 Å². The number of hydroxylamine groups is 1. The highest BCUT2D eigenvalue weighted by Gasteiger charge is 2.36. The number of hydrogen-bond acceptors (Lipinski definition) is 7. The number of carbonyl (C=O) groups excluding carboxylic acids is 3. The van der Waals surface area contributed by atoms with Crippen molar-refractivity contribution in [2.75, 3.05) is 6.54 Å². The molecule has 6 N–H and O–H groups in total. The molecule has 0 aliphatic rings. The zero-order chi connectivity index (χ0) is 33.7. The van der Waals surface area contributed by atoms with Crippen LogP contribution in [0.3, 0.4) is 0 Å². The first-order valence-electron chi connectivity index (χ1n) is 14.5. The lowest BCUT2D eigenvalue weighted by atomic mass is 9.82. The van der Waals surface area contributed by atoms with Crippen LogP contribution in [0.15, 0.2) is 65.6 Å². The van der Waals surface area contributed by atoms with Gasteiger partial charge in [-0.15, -0.1) is 0 Å². The molecule has 3 amide bonds. The molecule has 0 fully saturated rings. The van der Waals surface area contributed by atoms with Gasteiger partial charge in [0.1, 0.15) is 0 Å². The standard InChI is InChI=1S/C25H40N4O4.C7H8O3S/c1-17(2)15-21(22(30)27-29(16-18(3)4)24(32)25(5,6)26)20(23(31)28-33)14-10-13-19-11-8-7-9-12-19;1-6-2-4-7(5-3-6)11(8,9)10/h7-13,17-18,20-21,33H,14-16,26H2,1-6H3,(H,27,30)(H,28,31);2-5H,1H3,(H,8,9,10)/b13-10+;/t20-,21+;/m0./s1. The van der Waals surface area contributed by atoms with E-state index in [1.54, 1.807) is 31.5 Å². The SMILES string of the molecule is CC(C)C[C@@H](C(=O)NN(CC(C)C)C(=O)C(C)(C)N)[C@H](C/C=C/c1ccccc1)C(=O)NO.Cc1ccc(S(=O)(=O)O)cc1. The van der Waals surface area contributed by atoms with Gasteiger partial charge in [-0.2, -0.15) is 8.42 Å². The largest absolute Gasteiger partial charge is 0.318 e. The van der Waals surface area contributed by atoms with Crippen molar-refractivity contribution in [3.8, 4) is 0 Å². The van der Waals surface area contributed by atoms with Gasteiger partial charge in [-0.1, -0.05) is 87.9 Å². The van der Waals surface area contributed by atoms with Crippen molar-refractivity contribution in [2.45, 2.75) is 71.7 Å². The summed E-state index contributed by atoms with van der Waals surface area (Å²) in [6.07, 6.45) is 4.33. The smallest absolute Gasteiger partial charge is 0.294 e. The summed E-state index contributed by atoms with van der Waals surface area (Å²) >= 11 is 0. The Labute approximate surface area is 261 Å². The van der Waals surface area contributed by atoms with Crippen LogP contribution in [-0.4, -0.2) is 53.0 Å². The number of nitrogens with one attached hydrogen (secondary N) is 2. The second-order valence-corrected chi connectivity index (χ2v) is 13.6. The van der Waals surface area contributed by atoms with Crippen molar-refractivity contribution in [2.24, 2.45) is 29.4 Å². The first kappa shape index (κ1) is 38.4. The summed E-state index contributed by atoms with van der Waals surface area (Å²) < 4.78 is 29.6. The predicted octanol–water partition coefficient (Wildman–Crippen LogP) is 4.37. The maximum absolute atomic E-state index is 13.4. The van der Waals surface area contributed by atoms with Crippen molar-refractivity contribution < 1.29 is 32.6 Å². The summed E-state index contributed by atoms with van der Waals surface area (Å²) in [6.45, 7) is 13.0. The maximum Gasteiger partial charge on any atom is 0.294 e. The van der Waals surface area contributed by atoms with Crippen molar-refractivity contribution >= 4 is 33.9 Å². The van der Waals surface area contributed by atoms with Gasteiger partial charge in [-0.05, 0) is 63.1 Å². The Kier molecular flexibility index (Phi) is 15.4. The van der Waals surface area contributed by atoms with Crippen LogP contribution < -0.4 is 16.6 Å². The number of amides is 3. The molecule has 0 saturated heterocycles. The van der Waals surface area contributed by atoms with Gasteiger partial charge in [-0.3, -0.25) is 34.6 Å². The van der Waals surface area contributed by atoms with E-state index in [0.717, 1.165) is 11.1 Å². The fourth-order valence-electron chi connectivity index (χ4n) is 4.23. The van der Waals surface area contributed by atoms with Gasteiger partial charge in [-0.25, -0.2) is 5.48 Å². The van der Waals surface area contributed by atoms with Gasteiger partial charge >= 0.3 is 0 Å². The molecule has 0 radical (unpaired) electrons. The molecule has 0 unspecified atom stereocenters. The van der Waals surface area contributed by atoms with Crippen LogP contribution in [-0.2, 0) is 24.5 Å². The van der Waals surface area contributed by atoms with E-state index in [4.69, 9.17) is 10.3 Å². The van der Waals surface area contributed by atoms with Crippen LogP contribution in [0.5, 0.6) is 0 Å². The highest BCUT2D eigenvalue weighted by molar-refractivity contribution is 7.85. The van der Waals surface area contributed by atoms with Crippen LogP contribution in [0.1, 0.15) is 65.5 Å². The lowest BCUT2D eigenvalue weighted by Gasteiger charge is -2.33. The van der Waals surface area contributed by atoms with E-state index in [0.29, 0.717) is 6.42 Å². The van der Waals surface area contributed by atoms with E-state index in [2.05, 4.69) is 5.43 Å². The van der Waals surface area contributed by atoms with Crippen LogP contribution in [0.2, 0.25) is 0 Å². The van der Waals surface area contributed by atoms with E-state index in [9.17, 15) is 28.0 Å². The van der Waals surface area contributed by atoms with Crippen molar-refractivity contribution in [3.05, 3.63) is 71.8 Å². The summed E-state index contributed by atoms with van der Waals surface area (Å²) in [7, 11) is -4.02. The molecule has 11 nitrogen and oxygen atoms in total. The molecule has 244 valence electrons. The summed E-state index contributed by atoms with van der Waals surface area (Å²) in [5.74, 6) is -2.91. The summed E-state index contributed by atoms with van der Waals surface area (Å²) in [5, 5.41) is 10.6. The maximum atomic E-state index is 13.4. The van der Waals surface area contributed by atoms with Gasteiger partial charge in [0, 0.05) is 6.54 Å². The van der Waals surface area contributed by atoms with E-state index < -0.39 is 45.2 Å². The van der Waals surface area contributed by atoms with E-state index in [1.165, 1.54) is 17.1 Å². The number of benzene rings is 2. The van der Waals surface area contributed by atoms with Crippen LogP contribution in [0.4, 0.5) is 0 Å². The van der Waals surface area contributed by atoms with Gasteiger partial charge in [0.25, 0.3) is 16.0 Å². The molecule has 2 atom stereocenters. The Morgan fingerprint density at radius 1 is 0.932 bits per heavy atom. The average Bonchev–Trinajstić information content (AvgIpc) is 2.93. The summed E-state index contributed by atoms with van der Waals surface area (Å²) in [6, 6.07) is 15.6. The second kappa shape index (κ2) is 17.6. The molecule has 0 aliphatic carbocycles. The van der Waals surface area contributed by atoms with Gasteiger partial charge in [0.2, 0.25) is 11.8 Å². The lowest BCUT2D eigenvalue weighted by molar-refractivity contribution is -0.150. The number of hydrogen-bond donors (Lipinski definition) is 5. The minimum absolute atomic E-state index is 0.0666. The molecule has 0 aromatic heterocycles. The predicted molar refractivity (Wildman–Crippen MR) is 170 cm³/mol. The monoisotopic (exact) mass is 632 g/mol. The minimum atomic E-state index is -4.02. The zero-order valence-corrected chi connectivity index (χ0v) is 27.5. The van der Waals surface area contributed by atoms with Crippen LogP contribution in [0.25, 0.3) is 6.08 Å². The Bertz CT molecular complexity index is 1340. The average molecular weight is 633 g/mol. The third kappa shape index (κ3) is 13.8. The van der Waals surface area contributed by atoms with Crippen molar-refractivity contribution in [1.82, 2.24) is 15.9 Å². The third-order valence-corrected chi connectivity index (χ3v) is 7.27. The number of carbonyl (C=O) groups is 3. The van der Waals surface area contributed by atoms with Crippen LogP contribution in [0, 0.1) is 30.6 Å². The van der Waals surface area contributed by atoms with Gasteiger partial charge in [0.15, 0.2) is 0 Å². The molecule has 2 rings (SSSR count). The third-order valence-electron chi connectivity index (χ3n) is 6.40. The topological polar surface area (TPSA) is 179 Å². The first-order chi connectivity index (χ1) is 20.4. The Morgan fingerprint density at radius 2 is 1.50 bits per heavy atom. The molecular formula is C32H48N4O7S. The van der Waals surface area contributed by atoms with E-state index in [1.807, 2.05) is 77.1 Å². The Balaban J connectivity index is 0.000000733. The number of nitrogens with zero attached hydrogens (tertiary/aromatic N) is 1. The molecule has 0 bridgehead atoms. The summed E-state index contributed by atoms with van der Waals surface area (Å²) in [4.78, 5) is 38.7. The first-order valence-corrected chi connectivity index (χ1v) is 15.9. The number of rotatable bonds is 12. The second-order valence-electron chi connectivity index (χ2n) is 12.2. The van der Waals surface area contributed by atoms with Gasteiger partial charge < -0.3 is 5.73 Å². The molecule has 0 aliphatic heterocycles. The molecule has 0 saturated carbocycles. The van der Waals surface area contributed by atoms with Crippen molar-refractivity contribution in [3.63, 3.8) is 0 Å². The van der Waals surface area contributed by atoms with E-state index in [-0.39, 0.29) is 29.7 Å². The fraction of sp³-hybridized carbons (Fsp3) is 0.469. The molecule has 2 aromatic rings. The molecule has 0 spiro atoms. The fourth-order valence-corrected chi connectivity index (χ4v) is 4.71. The normalized spacial score (nSPS) is 13.2. The van der Waals surface area contributed by atoms with Crippen molar-refractivity contribution in [1.29, 1.82) is 0 Å². The molecule has 2 aromatic carbocycles. The number of nitrogens with two attached hydrogens (primary N) is 1. The molecule has 44 heavy (non-hydrogen) atoms. The van der Waals surface area contributed by atoms with E-state index >= 15 is 0 Å². The van der Waals surface area contributed by atoms with Crippen LogP contribution >= 0.6 is 0 Å². The molecule has 12 heteroatoms. The Hall–Kier alpha value is -3.58. The highest BCUT2D eigenvalue weighted by Crippen LogP contribution is 2.26. The number of allylic oxidation sites excluding steroid dienone is 1. The summed E-state index contributed by atoms with van der Waals surface area (Å²) in [5.41, 5.74) is 11.1. The molecule has 0 heterocycles.